The van der Waals surface area contributed by atoms with E-state index in [-0.39, 0.29) is 5.56 Å². The number of phenolic OH excluding ortho intramolecular Hbond substituents is 1. The highest BCUT2D eigenvalue weighted by atomic mass is 16.6. The minimum atomic E-state index is -0.702. The summed E-state index contributed by atoms with van der Waals surface area (Å²) in [4.78, 5) is 26.6. The fourth-order valence-electron chi connectivity index (χ4n) is 3.00. The molecule has 1 aliphatic heterocycles. The van der Waals surface area contributed by atoms with Crippen molar-refractivity contribution < 1.29 is 19.6 Å². The lowest BCUT2D eigenvalue weighted by molar-refractivity contribution is -0.385. The summed E-state index contributed by atoms with van der Waals surface area (Å²) in [6, 6.07) is 11.7. The number of anilines is 1. The summed E-state index contributed by atoms with van der Waals surface area (Å²) in [5.74, 6) is -0.225. The number of nitrogens with zero attached hydrogens (tertiary/aromatic N) is 3. The number of amides is 1. The average molecular weight is 357 g/mol. The number of nitro groups is 1. The van der Waals surface area contributed by atoms with E-state index >= 15 is 0 Å². The predicted octanol–water partition coefficient (Wildman–Crippen LogP) is 2.27. The molecule has 1 fully saturated rings. The van der Waals surface area contributed by atoms with Gasteiger partial charge in [0.15, 0.2) is 0 Å². The van der Waals surface area contributed by atoms with Crippen molar-refractivity contribution in [2.75, 3.05) is 38.2 Å². The van der Waals surface area contributed by atoms with E-state index in [1.165, 1.54) is 18.2 Å². The summed E-state index contributed by atoms with van der Waals surface area (Å²) in [5, 5.41) is 21.0. The third-order valence-corrected chi connectivity index (χ3v) is 4.43. The Morgan fingerprint density at radius 3 is 2.50 bits per heavy atom. The topological polar surface area (TPSA) is 96.2 Å². The minimum absolute atomic E-state index is 0.0472. The van der Waals surface area contributed by atoms with Gasteiger partial charge in [0.05, 0.1) is 17.6 Å². The van der Waals surface area contributed by atoms with Crippen molar-refractivity contribution in [2.45, 2.75) is 0 Å². The number of benzene rings is 2. The van der Waals surface area contributed by atoms with Crippen LogP contribution < -0.4 is 9.64 Å². The molecule has 1 N–H and O–H groups in total. The highest BCUT2D eigenvalue weighted by Crippen LogP contribution is 2.30. The predicted molar refractivity (Wildman–Crippen MR) is 95.9 cm³/mol. The molecule has 0 atom stereocenters. The van der Waals surface area contributed by atoms with Crippen molar-refractivity contribution in [2.24, 2.45) is 0 Å². The molecule has 1 saturated heterocycles. The Morgan fingerprint density at radius 1 is 1.15 bits per heavy atom. The number of hydrogen-bond acceptors (Lipinski definition) is 6. The summed E-state index contributed by atoms with van der Waals surface area (Å²) >= 11 is 0. The zero-order valence-electron chi connectivity index (χ0n) is 14.3. The molecular formula is C18H19N3O5. The van der Waals surface area contributed by atoms with Gasteiger partial charge in [0.2, 0.25) is 5.75 Å². The fraction of sp³-hybridized carbons (Fsp3) is 0.278. The second-order valence-electron chi connectivity index (χ2n) is 5.91. The standard InChI is InChI=1S/C18H19N3O5/c1-26-14-5-2-4-13(12-14)19-8-10-20(11-9-19)18(23)15-6-3-7-16(17(15)22)21(24)25/h2-7,12,22H,8-11H2,1H3. The maximum Gasteiger partial charge on any atom is 0.311 e. The molecule has 2 aromatic carbocycles. The lowest BCUT2D eigenvalue weighted by Crippen LogP contribution is -2.48. The first kappa shape index (κ1) is 17.5. The molecule has 0 spiro atoms. The van der Waals surface area contributed by atoms with Crippen molar-refractivity contribution in [1.82, 2.24) is 4.90 Å². The first-order valence-corrected chi connectivity index (χ1v) is 8.16. The fourth-order valence-corrected chi connectivity index (χ4v) is 3.00. The van der Waals surface area contributed by atoms with Crippen LogP contribution >= 0.6 is 0 Å². The van der Waals surface area contributed by atoms with Crippen LogP contribution in [0.3, 0.4) is 0 Å². The highest BCUT2D eigenvalue weighted by Gasteiger charge is 2.27. The molecule has 26 heavy (non-hydrogen) atoms. The first-order valence-electron chi connectivity index (χ1n) is 8.16. The number of ether oxygens (including phenoxy) is 1. The average Bonchev–Trinajstić information content (AvgIpc) is 2.67. The monoisotopic (exact) mass is 357 g/mol. The normalized spacial score (nSPS) is 14.2. The maximum atomic E-state index is 12.6. The van der Waals surface area contributed by atoms with E-state index in [2.05, 4.69) is 4.90 Å². The Labute approximate surface area is 150 Å². The van der Waals surface area contributed by atoms with Crippen molar-refractivity contribution >= 4 is 17.3 Å². The molecule has 2 aromatic rings. The SMILES string of the molecule is COc1cccc(N2CCN(C(=O)c3cccc([N+](=O)[O-])c3O)CC2)c1. The van der Waals surface area contributed by atoms with E-state index < -0.39 is 22.3 Å². The van der Waals surface area contributed by atoms with Crippen molar-refractivity contribution in [3.8, 4) is 11.5 Å². The number of rotatable bonds is 4. The van der Waals surface area contributed by atoms with Crippen molar-refractivity contribution in [3.05, 3.63) is 58.1 Å². The maximum absolute atomic E-state index is 12.6. The molecule has 1 amide bonds. The second kappa shape index (κ2) is 7.30. The molecule has 1 aliphatic rings. The van der Waals surface area contributed by atoms with Crippen LogP contribution in [0.2, 0.25) is 0 Å². The molecule has 0 aliphatic carbocycles. The third-order valence-electron chi connectivity index (χ3n) is 4.43. The number of carbonyl (C=O) groups excluding carboxylic acids is 1. The van der Waals surface area contributed by atoms with Gasteiger partial charge in [0.1, 0.15) is 5.75 Å². The van der Waals surface area contributed by atoms with Gasteiger partial charge in [-0.3, -0.25) is 14.9 Å². The number of methoxy groups -OCH3 is 1. The molecule has 0 unspecified atom stereocenters. The Kier molecular flexibility index (Phi) is 4.92. The third kappa shape index (κ3) is 3.39. The number of piperazine rings is 1. The van der Waals surface area contributed by atoms with E-state index in [0.717, 1.165) is 11.4 Å². The van der Waals surface area contributed by atoms with E-state index in [1.807, 2.05) is 24.3 Å². The number of nitro benzene ring substituents is 1. The van der Waals surface area contributed by atoms with E-state index in [1.54, 1.807) is 12.0 Å². The van der Waals surface area contributed by atoms with Crippen LogP contribution in [0, 0.1) is 10.1 Å². The number of hydrogen-bond donors (Lipinski definition) is 1. The summed E-state index contributed by atoms with van der Waals surface area (Å²) < 4.78 is 5.23. The van der Waals surface area contributed by atoms with Gasteiger partial charge < -0.3 is 19.6 Å². The van der Waals surface area contributed by atoms with Crippen LogP contribution in [-0.4, -0.2) is 54.1 Å². The van der Waals surface area contributed by atoms with Crippen LogP contribution in [0.5, 0.6) is 11.5 Å². The van der Waals surface area contributed by atoms with Gasteiger partial charge >= 0.3 is 5.69 Å². The van der Waals surface area contributed by atoms with Gasteiger partial charge in [-0.2, -0.15) is 0 Å². The van der Waals surface area contributed by atoms with Crippen LogP contribution in [-0.2, 0) is 0 Å². The molecule has 1 heterocycles. The van der Waals surface area contributed by atoms with Crippen molar-refractivity contribution in [3.63, 3.8) is 0 Å². The highest BCUT2D eigenvalue weighted by molar-refractivity contribution is 5.98. The summed E-state index contributed by atoms with van der Waals surface area (Å²) in [6.45, 7) is 2.15. The summed E-state index contributed by atoms with van der Waals surface area (Å²) in [5.41, 5.74) is 0.495. The Balaban J connectivity index is 1.71. The number of phenols is 1. The summed E-state index contributed by atoms with van der Waals surface area (Å²) in [6.07, 6.45) is 0. The largest absolute Gasteiger partial charge is 0.502 e. The van der Waals surface area contributed by atoms with Crippen molar-refractivity contribution in [1.29, 1.82) is 0 Å². The lowest BCUT2D eigenvalue weighted by atomic mass is 10.1. The van der Waals surface area contributed by atoms with Gasteiger partial charge in [-0.1, -0.05) is 12.1 Å². The second-order valence-corrected chi connectivity index (χ2v) is 5.91. The minimum Gasteiger partial charge on any atom is -0.502 e. The number of aromatic hydroxyl groups is 1. The van der Waals surface area contributed by atoms with Gasteiger partial charge in [0, 0.05) is 44.0 Å². The van der Waals surface area contributed by atoms with Gasteiger partial charge in [0.25, 0.3) is 5.91 Å². The lowest BCUT2D eigenvalue weighted by Gasteiger charge is -2.36. The number of para-hydroxylation sites is 1. The Hall–Kier alpha value is -3.29. The molecule has 3 rings (SSSR count). The van der Waals surface area contributed by atoms with Crippen LogP contribution in [0.4, 0.5) is 11.4 Å². The molecule has 136 valence electrons. The van der Waals surface area contributed by atoms with E-state index in [4.69, 9.17) is 4.74 Å². The van der Waals surface area contributed by atoms with Gasteiger partial charge in [-0.25, -0.2) is 0 Å². The molecule has 0 radical (unpaired) electrons. The number of carbonyl (C=O) groups is 1. The van der Waals surface area contributed by atoms with Crippen LogP contribution in [0.25, 0.3) is 0 Å². The van der Waals surface area contributed by atoms with Crippen LogP contribution in [0.1, 0.15) is 10.4 Å². The zero-order chi connectivity index (χ0) is 18.7. The molecule has 0 saturated carbocycles. The van der Waals surface area contributed by atoms with Gasteiger partial charge in [-0.15, -0.1) is 0 Å². The molecule has 0 aromatic heterocycles. The summed E-state index contributed by atoms with van der Waals surface area (Å²) in [7, 11) is 1.61. The molecule has 8 heteroatoms. The molecule has 0 bridgehead atoms. The zero-order valence-corrected chi connectivity index (χ0v) is 14.3. The quantitative estimate of drug-likeness (QED) is 0.666. The van der Waals surface area contributed by atoms with E-state index in [0.29, 0.717) is 26.2 Å². The smallest absolute Gasteiger partial charge is 0.311 e. The first-order chi connectivity index (χ1) is 12.5. The molecule has 8 nitrogen and oxygen atoms in total. The van der Waals surface area contributed by atoms with Crippen LogP contribution in [0.15, 0.2) is 42.5 Å². The Bertz CT molecular complexity index is 831. The molecular weight excluding hydrogens is 338 g/mol. The van der Waals surface area contributed by atoms with E-state index in [9.17, 15) is 20.0 Å². The van der Waals surface area contributed by atoms with Gasteiger partial charge in [-0.05, 0) is 18.2 Å². The Morgan fingerprint density at radius 2 is 1.85 bits per heavy atom.